The van der Waals surface area contributed by atoms with Gasteiger partial charge in [-0.3, -0.25) is 0 Å². The van der Waals surface area contributed by atoms with E-state index in [2.05, 4.69) is 46.4 Å². The minimum absolute atomic E-state index is 1.17. The van der Waals surface area contributed by atoms with E-state index in [1.165, 1.54) is 53.5 Å². The monoisotopic (exact) mass is 216 g/mol. The van der Waals surface area contributed by atoms with Crippen LogP contribution in [0.15, 0.2) is 18.7 Å². The van der Waals surface area contributed by atoms with E-state index in [1.54, 1.807) is 0 Å². The Hall–Kier alpha value is -1.04. The first-order valence-electron chi connectivity index (χ1n) is 6.38. The van der Waals surface area contributed by atoms with E-state index in [4.69, 9.17) is 0 Å². The molecular weight excluding hydrogens is 192 g/mol. The van der Waals surface area contributed by atoms with E-state index in [9.17, 15) is 0 Å². The Morgan fingerprint density at radius 3 is 1.81 bits per heavy atom. The molecule has 0 aromatic heterocycles. The molecule has 0 spiro atoms. The van der Waals surface area contributed by atoms with Crippen LogP contribution in [0.4, 0.5) is 0 Å². The van der Waals surface area contributed by atoms with Crippen LogP contribution in [0.5, 0.6) is 0 Å². The summed E-state index contributed by atoms with van der Waals surface area (Å²) in [6, 6.07) is 4.65. The Bertz CT molecular complexity index is 345. The molecule has 0 nitrogen and oxygen atoms in total. The summed E-state index contributed by atoms with van der Waals surface area (Å²) in [6.07, 6.45) is 4.74. The lowest BCUT2D eigenvalue weighted by atomic mass is 9.89. The van der Waals surface area contributed by atoms with Gasteiger partial charge in [-0.05, 0) is 43.4 Å². The van der Waals surface area contributed by atoms with Gasteiger partial charge in [-0.15, -0.1) is 0 Å². The molecule has 0 aliphatic rings. The van der Waals surface area contributed by atoms with Gasteiger partial charge in [0.25, 0.3) is 0 Å². The molecule has 0 atom stereocenters. The highest BCUT2D eigenvalue weighted by atomic mass is 14.1. The van der Waals surface area contributed by atoms with Crippen LogP contribution in [-0.2, 0) is 12.8 Å². The first kappa shape index (κ1) is 13.0. The molecule has 0 saturated carbocycles. The second-order valence-electron chi connectivity index (χ2n) is 4.74. The number of rotatable bonds is 5. The summed E-state index contributed by atoms with van der Waals surface area (Å²) in [5, 5.41) is 0. The van der Waals surface area contributed by atoms with Crippen molar-refractivity contribution in [3.05, 3.63) is 41.0 Å². The van der Waals surface area contributed by atoms with Crippen molar-refractivity contribution in [2.45, 2.75) is 53.4 Å². The molecule has 0 bridgehead atoms. The van der Waals surface area contributed by atoms with Gasteiger partial charge in [-0.2, -0.15) is 0 Å². The van der Waals surface area contributed by atoms with E-state index in [0.717, 1.165) is 0 Å². The topological polar surface area (TPSA) is 0 Å². The van der Waals surface area contributed by atoms with Crippen LogP contribution >= 0.6 is 0 Å². The molecule has 88 valence electrons. The number of benzene rings is 1. The third kappa shape index (κ3) is 2.98. The average molecular weight is 216 g/mol. The average Bonchev–Trinajstić information content (AvgIpc) is 2.17. The zero-order valence-corrected chi connectivity index (χ0v) is 11.2. The summed E-state index contributed by atoms with van der Waals surface area (Å²) >= 11 is 0. The van der Waals surface area contributed by atoms with Gasteiger partial charge in [0.1, 0.15) is 0 Å². The van der Waals surface area contributed by atoms with Crippen LogP contribution in [0.2, 0.25) is 0 Å². The van der Waals surface area contributed by atoms with Crippen LogP contribution in [0.25, 0.3) is 5.57 Å². The summed E-state index contributed by atoms with van der Waals surface area (Å²) < 4.78 is 0. The molecule has 0 heterocycles. The molecule has 1 rings (SSSR count). The molecular formula is C16H24. The molecule has 0 fully saturated rings. The Morgan fingerprint density at radius 1 is 1.06 bits per heavy atom. The summed E-state index contributed by atoms with van der Waals surface area (Å²) in [6.45, 7) is 12.9. The van der Waals surface area contributed by atoms with Crippen LogP contribution in [-0.4, -0.2) is 0 Å². The van der Waals surface area contributed by atoms with Crippen molar-refractivity contribution < 1.29 is 0 Å². The second-order valence-corrected chi connectivity index (χ2v) is 4.74. The van der Waals surface area contributed by atoms with Crippen molar-refractivity contribution in [2.75, 3.05) is 0 Å². The summed E-state index contributed by atoms with van der Waals surface area (Å²) in [5.41, 5.74) is 7.00. The molecule has 1 aromatic rings. The van der Waals surface area contributed by atoms with Gasteiger partial charge in [0.05, 0.1) is 0 Å². The fourth-order valence-electron chi connectivity index (χ4n) is 2.42. The van der Waals surface area contributed by atoms with Crippen molar-refractivity contribution in [1.29, 1.82) is 0 Å². The summed E-state index contributed by atoms with van der Waals surface area (Å²) in [4.78, 5) is 0. The van der Waals surface area contributed by atoms with Gasteiger partial charge in [-0.25, -0.2) is 0 Å². The normalized spacial score (nSPS) is 10.5. The fourth-order valence-corrected chi connectivity index (χ4v) is 2.42. The van der Waals surface area contributed by atoms with Crippen molar-refractivity contribution in [3.63, 3.8) is 0 Å². The third-order valence-electron chi connectivity index (χ3n) is 2.91. The van der Waals surface area contributed by atoms with Gasteiger partial charge in [0, 0.05) is 0 Å². The van der Waals surface area contributed by atoms with Crippen molar-refractivity contribution >= 4 is 5.57 Å². The molecule has 16 heavy (non-hydrogen) atoms. The zero-order chi connectivity index (χ0) is 12.1. The van der Waals surface area contributed by atoms with Gasteiger partial charge in [0.15, 0.2) is 0 Å². The van der Waals surface area contributed by atoms with Gasteiger partial charge in [-0.1, -0.05) is 56.5 Å². The molecule has 1 aromatic carbocycles. The lowest BCUT2D eigenvalue weighted by Crippen LogP contribution is -1.99. The lowest BCUT2D eigenvalue weighted by Gasteiger charge is -2.16. The quantitative estimate of drug-likeness (QED) is 0.654. The highest BCUT2D eigenvalue weighted by molar-refractivity contribution is 5.68. The number of hydrogen-bond donors (Lipinski definition) is 0. The Labute approximate surface area is 100 Å². The van der Waals surface area contributed by atoms with Crippen LogP contribution < -0.4 is 0 Å². The Morgan fingerprint density at radius 2 is 1.50 bits per heavy atom. The van der Waals surface area contributed by atoms with Crippen LogP contribution in [0, 0.1) is 6.92 Å². The molecule has 0 unspecified atom stereocenters. The predicted molar refractivity (Wildman–Crippen MR) is 73.9 cm³/mol. The van der Waals surface area contributed by atoms with Gasteiger partial charge >= 0.3 is 0 Å². The standard InChI is InChI=1S/C16H24/c1-6-8-14-10-13(5)11-15(9-7-2)16(14)12(3)4/h10-11H,3,6-9H2,1-2,4-5H3. The molecule has 0 aliphatic heterocycles. The lowest BCUT2D eigenvalue weighted by molar-refractivity contribution is 0.886. The van der Waals surface area contributed by atoms with Crippen molar-refractivity contribution in [3.8, 4) is 0 Å². The maximum Gasteiger partial charge on any atom is -0.0169 e. The van der Waals surface area contributed by atoms with E-state index in [0.29, 0.717) is 0 Å². The maximum atomic E-state index is 4.14. The first-order chi connectivity index (χ1) is 7.60. The zero-order valence-electron chi connectivity index (χ0n) is 11.2. The predicted octanol–water partition coefficient (Wildman–Crippen LogP) is 4.93. The van der Waals surface area contributed by atoms with Gasteiger partial charge in [0.2, 0.25) is 0 Å². The SMILES string of the molecule is C=C(C)c1c(CCC)cc(C)cc1CCC. The van der Waals surface area contributed by atoms with Crippen LogP contribution in [0.1, 0.15) is 55.9 Å². The number of allylic oxidation sites excluding steroid dienone is 1. The van der Waals surface area contributed by atoms with Crippen molar-refractivity contribution in [2.24, 2.45) is 0 Å². The third-order valence-corrected chi connectivity index (χ3v) is 2.91. The summed E-state index contributed by atoms with van der Waals surface area (Å²) in [5.74, 6) is 0. The largest absolute Gasteiger partial charge is 0.0955 e. The molecule has 0 aliphatic carbocycles. The summed E-state index contributed by atoms with van der Waals surface area (Å²) in [7, 11) is 0. The molecule has 0 heteroatoms. The van der Waals surface area contributed by atoms with Crippen molar-refractivity contribution in [1.82, 2.24) is 0 Å². The number of hydrogen-bond acceptors (Lipinski definition) is 0. The molecule has 0 amide bonds. The number of aryl methyl sites for hydroxylation is 3. The van der Waals surface area contributed by atoms with E-state index < -0.39 is 0 Å². The Kier molecular flexibility index (Phi) is 4.79. The second kappa shape index (κ2) is 5.89. The molecule has 0 N–H and O–H groups in total. The highest BCUT2D eigenvalue weighted by Crippen LogP contribution is 2.26. The van der Waals surface area contributed by atoms with Gasteiger partial charge < -0.3 is 0 Å². The van der Waals surface area contributed by atoms with E-state index in [1.807, 2.05) is 0 Å². The van der Waals surface area contributed by atoms with E-state index in [-0.39, 0.29) is 0 Å². The molecule has 0 saturated heterocycles. The van der Waals surface area contributed by atoms with Crippen LogP contribution in [0.3, 0.4) is 0 Å². The van der Waals surface area contributed by atoms with E-state index >= 15 is 0 Å². The Balaban J connectivity index is 3.29. The molecule has 0 radical (unpaired) electrons. The fraction of sp³-hybridized carbons (Fsp3) is 0.500. The smallest absolute Gasteiger partial charge is 0.0169 e. The minimum atomic E-state index is 1.17. The highest BCUT2D eigenvalue weighted by Gasteiger charge is 2.09. The maximum absolute atomic E-state index is 4.14. The minimum Gasteiger partial charge on any atom is -0.0955 e. The first-order valence-corrected chi connectivity index (χ1v) is 6.38.